The quantitative estimate of drug-likeness (QED) is 0.864. The van der Waals surface area contributed by atoms with E-state index in [-0.39, 0.29) is 30.3 Å². The Labute approximate surface area is 165 Å². The third-order valence-electron chi connectivity index (χ3n) is 5.61. The molecule has 3 heterocycles. The molecule has 7 nitrogen and oxygen atoms in total. The Bertz CT molecular complexity index is 824. The number of aryl methyl sites for hydroxylation is 1. The average Bonchev–Trinajstić information content (AvgIpc) is 3.25. The van der Waals surface area contributed by atoms with Gasteiger partial charge in [-0.25, -0.2) is 0 Å². The van der Waals surface area contributed by atoms with E-state index in [4.69, 9.17) is 4.52 Å². The van der Waals surface area contributed by atoms with Gasteiger partial charge in [0.25, 0.3) is 0 Å². The van der Waals surface area contributed by atoms with Crippen LogP contribution in [0.5, 0.6) is 0 Å². The van der Waals surface area contributed by atoms with Crippen LogP contribution in [0.25, 0.3) is 0 Å². The zero-order valence-electron chi connectivity index (χ0n) is 15.9. The van der Waals surface area contributed by atoms with Gasteiger partial charge in [0.1, 0.15) is 0 Å². The van der Waals surface area contributed by atoms with Gasteiger partial charge in [-0.05, 0) is 38.1 Å². The van der Waals surface area contributed by atoms with E-state index in [0.717, 1.165) is 30.9 Å². The molecule has 0 aliphatic carbocycles. The van der Waals surface area contributed by atoms with Crippen molar-refractivity contribution in [2.45, 2.75) is 32.2 Å². The van der Waals surface area contributed by atoms with Crippen LogP contribution in [0.4, 0.5) is 5.69 Å². The van der Waals surface area contributed by atoms with Crippen LogP contribution >= 0.6 is 12.4 Å². The van der Waals surface area contributed by atoms with Crippen molar-refractivity contribution in [1.82, 2.24) is 20.4 Å². The van der Waals surface area contributed by atoms with Crippen molar-refractivity contribution in [3.63, 3.8) is 0 Å². The highest BCUT2D eigenvalue weighted by atomic mass is 35.5. The lowest BCUT2D eigenvalue weighted by Crippen LogP contribution is -2.44. The van der Waals surface area contributed by atoms with Gasteiger partial charge in [-0.1, -0.05) is 17.3 Å². The summed E-state index contributed by atoms with van der Waals surface area (Å²) in [5.74, 6) is 1.33. The van der Waals surface area contributed by atoms with Gasteiger partial charge in [-0.3, -0.25) is 9.69 Å². The zero-order chi connectivity index (χ0) is 18.3. The minimum atomic E-state index is -0.0504. The second-order valence-corrected chi connectivity index (χ2v) is 7.32. The van der Waals surface area contributed by atoms with Crippen molar-refractivity contribution in [2.75, 3.05) is 38.1 Å². The highest BCUT2D eigenvalue weighted by molar-refractivity contribution is 5.97. The van der Waals surface area contributed by atoms with Crippen LogP contribution in [0.3, 0.4) is 0 Å². The topological polar surface area (TPSA) is 74.5 Å². The maximum absolute atomic E-state index is 12.6. The first-order valence-corrected chi connectivity index (χ1v) is 9.15. The SMILES string of the molecule is Cc1cccc(N2CC(c3nc(C4CNCCN4C)no3)CC2=O)c1C.Cl. The Hall–Kier alpha value is -1.96. The molecule has 2 unspecified atom stereocenters. The summed E-state index contributed by atoms with van der Waals surface area (Å²) < 4.78 is 5.54. The molecule has 27 heavy (non-hydrogen) atoms. The van der Waals surface area contributed by atoms with Crippen LogP contribution in [0.2, 0.25) is 0 Å². The highest BCUT2D eigenvalue weighted by Gasteiger charge is 2.36. The number of likely N-dealkylation sites (N-methyl/N-ethyl adjacent to an activating group) is 1. The van der Waals surface area contributed by atoms with Gasteiger partial charge < -0.3 is 14.7 Å². The first-order valence-electron chi connectivity index (χ1n) is 9.15. The molecule has 2 fully saturated rings. The Kier molecular flexibility index (Phi) is 5.83. The second-order valence-electron chi connectivity index (χ2n) is 7.32. The number of halogens is 1. The monoisotopic (exact) mass is 391 g/mol. The fourth-order valence-electron chi connectivity index (χ4n) is 3.78. The average molecular weight is 392 g/mol. The van der Waals surface area contributed by atoms with Gasteiger partial charge in [-0.15, -0.1) is 12.4 Å². The summed E-state index contributed by atoms with van der Waals surface area (Å²) >= 11 is 0. The summed E-state index contributed by atoms with van der Waals surface area (Å²) in [6, 6.07) is 6.18. The molecular weight excluding hydrogens is 366 g/mol. The summed E-state index contributed by atoms with van der Waals surface area (Å²) in [4.78, 5) is 21.3. The van der Waals surface area contributed by atoms with Gasteiger partial charge in [0.2, 0.25) is 11.8 Å². The lowest BCUT2D eigenvalue weighted by molar-refractivity contribution is -0.117. The molecule has 4 rings (SSSR count). The number of carbonyl (C=O) groups is 1. The van der Waals surface area contributed by atoms with Crippen LogP contribution in [0.1, 0.15) is 41.2 Å². The number of benzene rings is 1. The minimum absolute atomic E-state index is 0. The lowest BCUT2D eigenvalue weighted by Gasteiger charge is -2.30. The van der Waals surface area contributed by atoms with E-state index in [1.807, 2.05) is 17.0 Å². The first-order chi connectivity index (χ1) is 12.5. The standard InChI is InChI=1S/C19H25N5O2.ClH/c1-12-5-4-6-15(13(12)2)24-11-14(9-17(24)25)19-21-18(22-26-19)16-10-20-7-8-23(16)3;/h4-6,14,16,20H,7-11H2,1-3H3;1H. The lowest BCUT2D eigenvalue weighted by atomic mass is 10.1. The summed E-state index contributed by atoms with van der Waals surface area (Å²) in [7, 11) is 2.07. The van der Waals surface area contributed by atoms with Gasteiger partial charge in [0, 0.05) is 38.3 Å². The van der Waals surface area contributed by atoms with Gasteiger partial charge in [0.15, 0.2) is 5.82 Å². The predicted molar refractivity (Wildman–Crippen MR) is 105 cm³/mol. The Morgan fingerprint density at radius 1 is 1.30 bits per heavy atom. The second kappa shape index (κ2) is 7.96. The number of aromatic nitrogens is 2. The third-order valence-corrected chi connectivity index (χ3v) is 5.61. The molecule has 2 aliphatic heterocycles. The fourth-order valence-corrected chi connectivity index (χ4v) is 3.78. The first kappa shape index (κ1) is 19.8. The van der Waals surface area contributed by atoms with Crippen molar-refractivity contribution in [2.24, 2.45) is 0 Å². The number of nitrogens with zero attached hydrogens (tertiary/aromatic N) is 4. The largest absolute Gasteiger partial charge is 0.339 e. The van der Waals surface area contributed by atoms with Crippen molar-refractivity contribution >= 4 is 24.0 Å². The number of nitrogens with one attached hydrogen (secondary N) is 1. The molecule has 0 saturated carbocycles. The van der Waals surface area contributed by atoms with Crippen LogP contribution < -0.4 is 10.2 Å². The van der Waals surface area contributed by atoms with Crippen LogP contribution in [-0.4, -0.2) is 54.2 Å². The predicted octanol–water partition coefficient (Wildman–Crippen LogP) is 2.20. The van der Waals surface area contributed by atoms with Crippen molar-refractivity contribution in [3.05, 3.63) is 41.0 Å². The minimum Gasteiger partial charge on any atom is -0.339 e. The molecule has 1 aromatic carbocycles. The molecule has 0 spiro atoms. The number of anilines is 1. The van der Waals surface area contributed by atoms with Gasteiger partial charge in [0.05, 0.1) is 12.0 Å². The molecule has 2 aliphatic rings. The molecule has 2 saturated heterocycles. The molecule has 8 heteroatoms. The number of amides is 1. The fraction of sp³-hybridized carbons (Fsp3) is 0.526. The number of hydrogen-bond acceptors (Lipinski definition) is 6. The van der Waals surface area contributed by atoms with Crippen LogP contribution in [0, 0.1) is 13.8 Å². The number of hydrogen-bond donors (Lipinski definition) is 1. The molecule has 1 amide bonds. The van der Waals surface area contributed by atoms with E-state index in [1.54, 1.807) is 0 Å². The Morgan fingerprint density at radius 2 is 2.11 bits per heavy atom. The van der Waals surface area contributed by atoms with Crippen LogP contribution in [-0.2, 0) is 4.79 Å². The molecule has 1 N–H and O–H groups in total. The summed E-state index contributed by atoms with van der Waals surface area (Å²) in [5.41, 5.74) is 3.31. The zero-order valence-corrected chi connectivity index (χ0v) is 16.8. The Balaban J connectivity index is 0.00000210. The molecule has 1 aromatic heterocycles. The number of rotatable bonds is 3. The Morgan fingerprint density at radius 3 is 2.89 bits per heavy atom. The molecule has 0 radical (unpaired) electrons. The number of piperazine rings is 1. The number of carbonyl (C=O) groups excluding carboxylic acids is 1. The van der Waals surface area contributed by atoms with E-state index in [1.165, 1.54) is 5.56 Å². The van der Waals surface area contributed by atoms with Gasteiger partial charge >= 0.3 is 0 Å². The van der Waals surface area contributed by atoms with E-state index >= 15 is 0 Å². The van der Waals surface area contributed by atoms with E-state index in [9.17, 15) is 4.79 Å². The summed E-state index contributed by atoms with van der Waals surface area (Å²) in [6.07, 6.45) is 0.410. The molecular formula is C19H26ClN5O2. The molecule has 2 aromatic rings. The summed E-state index contributed by atoms with van der Waals surface area (Å²) in [6.45, 7) is 7.45. The smallest absolute Gasteiger partial charge is 0.232 e. The molecule has 0 bridgehead atoms. The van der Waals surface area contributed by atoms with Crippen molar-refractivity contribution < 1.29 is 9.32 Å². The van der Waals surface area contributed by atoms with E-state index in [2.05, 4.69) is 47.3 Å². The maximum atomic E-state index is 12.6. The van der Waals surface area contributed by atoms with Crippen LogP contribution in [0.15, 0.2) is 22.7 Å². The highest BCUT2D eigenvalue weighted by Crippen LogP contribution is 2.34. The van der Waals surface area contributed by atoms with Crippen molar-refractivity contribution in [3.8, 4) is 0 Å². The van der Waals surface area contributed by atoms with Gasteiger partial charge in [-0.2, -0.15) is 4.98 Å². The van der Waals surface area contributed by atoms with E-state index < -0.39 is 0 Å². The van der Waals surface area contributed by atoms with E-state index in [0.29, 0.717) is 24.7 Å². The third kappa shape index (κ3) is 3.72. The normalized spacial score (nSPS) is 23.5. The van der Waals surface area contributed by atoms with Crippen molar-refractivity contribution in [1.29, 1.82) is 0 Å². The summed E-state index contributed by atoms with van der Waals surface area (Å²) in [5, 5.41) is 7.56. The maximum Gasteiger partial charge on any atom is 0.232 e. The molecule has 146 valence electrons. The molecule has 2 atom stereocenters.